The second-order valence-corrected chi connectivity index (χ2v) is 4.39. The molecule has 7 heteroatoms. The Morgan fingerprint density at radius 2 is 2.24 bits per heavy atom. The van der Waals surface area contributed by atoms with E-state index < -0.39 is 5.97 Å². The number of anilines is 1. The fraction of sp³-hybridized carbons (Fsp3) is 0.286. The third-order valence-corrected chi connectivity index (χ3v) is 3.07. The molecule has 0 saturated heterocycles. The van der Waals surface area contributed by atoms with E-state index in [4.69, 9.17) is 4.74 Å². The number of carbonyl (C=O) groups is 1. The molecule has 2 aromatic rings. The topological polar surface area (TPSA) is 96.6 Å². The van der Waals surface area contributed by atoms with Gasteiger partial charge in [0, 0.05) is 13.1 Å². The van der Waals surface area contributed by atoms with Gasteiger partial charge in [-0.25, -0.2) is 4.79 Å². The second kappa shape index (κ2) is 6.17. The number of aromatic carboxylic acids is 1. The van der Waals surface area contributed by atoms with Crippen molar-refractivity contribution in [1.82, 2.24) is 9.78 Å². The number of ether oxygens (including phenoxy) is 1. The van der Waals surface area contributed by atoms with Crippen LogP contribution >= 0.6 is 0 Å². The van der Waals surface area contributed by atoms with Gasteiger partial charge < -0.3 is 20.3 Å². The highest BCUT2D eigenvalue weighted by Crippen LogP contribution is 2.26. The minimum atomic E-state index is -1.03. The standard InChI is InChI=1S/C14H17N3O4/c1-3-17-13(14(19)20)10(8-16-17)15-7-9-4-5-11(18)12(6-9)21-2/h4-6,8,15,18H,3,7H2,1-2H3,(H,19,20). The molecule has 0 atom stereocenters. The smallest absolute Gasteiger partial charge is 0.356 e. The van der Waals surface area contributed by atoms with Crippen molar-refractivity contribution in [2.24, 2.45) is 0 Å². The molecule has 0 unspecified atom stereocenters. The molecule has 0 aliphatic carbocycles. The molecule has 0 radical (unpaired) electrons. The summed E-state index contributed by atoms with van der Waals surface area (Å²) < 4.78 is 6.45. The number of aryl methyl sites for hydroxylation is 1. The highest BCUT2D eigenvalue weighted by atomic mass is 16.5. The highest BCUT2D eigenvalue weighted by Gasteiger charge is 2.16. The minimum absolute atomic E-state index is 0.0614. The fourth-order valence-electron chi connectivity index (χ4n) is 2.01. The minimum Gasteiger partial charge on any atom is -0.504 e. The van der Waals surface area contributed by atoms with Crippen molar-refractivity contribution in [2.75, 3.05) is 12.4 Å². The number of nitrogens with one attached hydrogen (secondary N) is 1. The zero-order valence-electron chi connectivity index (χ0n) is 11.8. The Morgan fingerprint density at radius 3 is 2.86 bits per heavy atom. The normalized spacial score (nSPS) is 10.4. The van der Waals surface area contributed by atoms with Crippen LogP contribution in [0.2, 0.25) is 0 Å². The summed E-state index contributed by atoms with van der Waals surface area (Å²) in [7, 11) is 1.47. The molecule has 1 aromatic heterocycles. The summed E-state index contributed by atoms with van der Waals surface area (Å²) in [6.45, 7) is 2.71. The summed E-state index contributed by atoms with van der Waals surface area (Å²) in [4.78, 5) is 11.3. The van der Waals surface area contributed by atoms with Gasteiger partial charge in [0.05, 0.1) is 19.0 Å². The van der Waals surface area contributed by atoms with Gasteiger partial charge in [-0.05, 0) is 24.6 Å². The van der Waals surface area contributed by atoms with E-state index in [9.17, 15) is 15.0 Å². The Hall–Kier alpha value is -2.70. The molecule has 3 N–H and O–H groups in total. The summed E-state index contributed by atoms with van der Waals surface area (Å²) in [6.07, 6.45) is 1.49. The van der Waals surface area contributed by atoms with Gasteiger partial charge in [-0.1, -0.05) is 6.07 Å². The Morgan fingerprint density at radius 1 is 1.48 bits per heavy atom. The van der Waals surface area contributed by atoms with Crippen molar-refractivity contribution >= 4 is 11.7 Å². The average Bonchev–Trinajstić information content (AvgIpc) is 2.89. The maximum Gasteiger partial charge on any atom is 0.356 e. The third-order valence-electron chi connectivity index (χ3n) is 3.07. The zero-order chi connectivity index (χ0) is 15.4. The average molecular weight is 291 g/mol. The van der Waals surface area contributed by atoms with Gasteiger partial charge in [-0.3, -0.25) is 4.68 Å². The van der Waals surface area contributed by atoms with E-state index in [-0.39, 0.29) is 11.4 Å². The van der Waals surface area contributed by atoms with Crippen molar-refractivity contribution in [3.05, 3.63) is 35.7 Å². The largest absolute Gasteiger partial charge is 0.504 e. The van der Waals surface area contributed by atoms with Gasteiger partial charge in [-0.2, -0.15) is 5.10 Å². The number of aromatic nitrogens is 2. The van der Waals surface area contributed by atoms with Gasteiger partial charge in [0.15, 0.2) is 17.2 Å². The number of nitrogens with zero attached hydrogens (tertiary/aromatic N) is 2. The molecule has 7 nitrogen and oxygen atoms in total. The molecule has 0 aliphatic rings. The first-order valence-corrected chi connectivity index (χ1v) is 6.45. The first kappa shape index (κ1) is 14.7. The van der Waals surface area contributed by atoms with Crippen LogP contribution in [0.15, 0.2) is 24.4 Å². The predicted octanol–water partition coefficient (Wildman–Crippen LogP) is 1.93. The van der Waals surface area contributed by atoms with Crippen LogP contribution in [0.5, 0.6) is 11.5 Å². The molecule has 21 heavy (non-hydrogen) atoms. The number of benzene rings is 1. The monoisotopic (exact) mass is 291 g/mol. The summed E-state index contributed by atoms with van der Waals surface area (Å²) in [5.41, 5.74) is 1.44. The molecule has 1 heterocycles. The van der Waals surface area contributed by atoms with Crippen LogP contribution in [0.3, 0.4) is 0 Å². The fourth-order valence-corrected chi connectivity index (χ4v) is 2.01. The number of hydrogen-bond acceptors (Lipinski definition) is 5. The lowest BCUT2D eigenvalue weighted by molar-refractivity contribution is 0.0684. The number of aromatic hydroxyl groups is 1. The van der Waals surface area contributed by atoms with Crippen LogP contribution in [0.4, 0.5) is 5.69 Å². The molecule has 112 valence electrons. The van der Waals surface area contributed by atoms with Crippen LogP contribution in [-0.2, 0) is 13.1 Å². The predicted molar refractivity (Wildman–Crippen MR) is 76.8 cm³/mol. The van der Waals surface area contributed by atoms with Gasteiger partial charge >= 0.3 is 5.97 Å². The van der Waals surface area contributed by atoms with Crippen LogP contribution < -0.4 is 10.1 Å². The van der Waals surface area contributed by atoms with E-state index in [1.54, 1.807) is 12.1 Å². The number of rotatable bonds is 6. The van der Waals surface area contributed by atoms with E-state index in [2.05, 4.69) is 10.4 Å². The van der Waals surface area contributed by atoms with E-state index in [0.29, 0.717) is 24.5 Å². The van der Waals surface area contributed by atoms with Crippen LogP contribution in [0, 0.1) is 0 Å². The molecular formula is C14H17N3O4. The Balaban J connectivity index is 2.17. The molecule has 0 saturated carbocycles. The Kier molecular flexibility index (Phi) is 4.32. The SMILES string of the molecule is CCn1ncc(NCc2ccc(O)c(OC)c2)c1C(=O)O. The molecule has 0 bridgehead atoms. The first-order chi connectivity index (χ1) is 10.1. The Labute approximate surface area is 121 Å². The summed E-state index contributed by atoms with van der Waals surface area (Å²) in [6, 6.07) is 4.95. The van der Waals surface area contributed by atoms with Crippen molar-refractivity contribution in [3.8, 4) is 11.5 Å². The lowest BCUT2D eigenvalue weighted by atomic mass is 10.2. The first-order valence-electron chi connectivity index (χ1n) is 6.45. The van der Waals surface area contributed by atoms with Gasteiger partial charge in [0.25, 0.3) is 0 Å². The quantitative estimate of drug-likeness (QED) is 0.752. The van der Waals surface area contributed by atoms with Crippen LogP contribution in [0.1, 0.15) is 23.0 Å². The van der Waals surface area contributed by atoms with Crippen molar-refractivity contribution in [2.45, 2.75) is 20.0 Å². The van der Waals surface area contributed by atoms with Gasteiger partial charge in [0.2, 0.25) is 0 Å². The second-order valence-electron chi connectivity index (χ2n) is 4.39. The summed E-state index contributed by atoms with van der Waals surface area (Å²) in [5.74, 6) is -0.594. The zero-order valence-corrected chi connectivity index (χ0v) is 11.8. The molecule has 1 aromatic carbocycles. The number of phenolic OH excluding ortho intramolecular Hbond substituents is 1. The molecule has 0 spiro atoms. The highest BCUT2D eigenvalue weighted by molar-refractivity contribution is 5.92. The summed E-state index contributed by atoms with van der Waals surface area (Å²) in [5, 5.41) is 25.8. The maximum absolute atomic E-state index is 11.3. The lowest BCUT2D eigenvalue weighted by Gasteiger charge is -2.09. The maximum atomic E-state index is 11.3. The molecule has 0 amide bonds. The number of hydrogen-bond donors (Lipinski definition) is 3. The number of phenols is 1. The van der Waals surface area contributed by atoms with Gasteiger partial charge in [0.1, 0.15) is 0 Å². The number of carboxylic acid groups (broad SMARTS) is 1. The van der Waals surface area contributed by atoms with Crippen LogP contribution in [-0.4, -0.2) is 33.1 Å². The molecule has 0 fully saturated rings. The van der Waals surface area contributed by atoms with Crippen molar-refractivity contribution in [1.29, 1.82) is 0 Å². The van der Waals surface area contributed by atoms with E-state index in [0.717, 1.165) is 5.56 Å². The number of methoxy groups -OCH3 is 1. The number of carboxylic acids is 1. The van der Waals surface area contributed by atoms with E-state index in [1.807, 2.05) is 6.92 Å². The van der Waals surface area contributed by atoms with E-state index >= 15 is 0 Å². The lowest BCUT2D eigenvalue weighted by Crippen LogP contribution is -2.11. The Bertz CT molecular complexity index is 652. The van der Waals surface area contributed by atoms with E-state index in [1.165, 1.54) is 24.1 Å². The van der Waals surface area contributed by atoms with Crippen molar-refractivity contribution in [3.63, 3.8) is 0 Å². The van der Waals surface area contributed by atoms with Gasteiger partial charge in [-0.15, -0.1) is 0 Å². The molecule has 2 rings (SSSR count). The van der Waals surface area contributed by atoms with Crippen molar-refractivity contribution < 1.29 is 19.7 Å². The summed E-state index contributed by atoms with van der Waals surface area (Å²) >= 11 is 0. The third kappa shape index (κ3) is 3.07. The molecule has 0 aliphatic heterocycles. The molecular weight excluding hydrogens is 274 g/mol. The van der Waals surface area contributed by atoms with Crippen LogP contribution in [0.25, 0.3) is 0 Å².